The largest absolute Gasteiger partial charge is 0.381 e. The normalized spacial score (nSPS) is 10.5. The van der Waals surface area contributed by atoms with Crippen LogP contribution in [0.1, 0.15) is 21.6 Å². The average molecular weight is 223 g/mol. The highest BCUT2D eigenvalue weighted by Crippen LogP contribution is 2.14. The van der Waals surface area contributed by atoms with Gasteiger partial charge in [-0.1, -0.05) is 0 Å². The second-order valence-electron chi connectivity index (χ2n) is 2.97. The fourth-order valence-corrected chi connectivity index (χ4v) is 1.84. The Morgan fingerprint density at radius 2 is 2.40 bits per heavy atom. The zero-order valence-electron chi connectivity index (χ0n) is 8.04. The van der Waals surface area contributed by atoms with Crippen LogP contribution in [0.2, 0.25) is 0 Å². The highest BCUT2D eigenvalue weighted by molar-refractivity contribution is 7.13. The maximum absolute atomic E-state index is 11.0. The Morgan fingerprint density at radius 1 is 1.60 bits per heavy atom. The van der Waals surface area contributed by atoms with Crippen molar-refractivity contribution in [2.45, 2.75) is 13.5 Å². The SMILES string of the molecule is CC(=O)c1cnc(Cn2ncc(N)n2)s1. The van der Waals surface area contributed by atoms with E-state index in [0.717, 1.165) is 5.01 Å². The van der Waals surface area contributed by atoms with Gasteiger partial charge < -0.3 is 5.73 Å². The van der Waals surface area contributed by atoms with Gasteiger partial charge in [0.2, 0.25) is 0 Å². The molecule has 0 saturated carbocycles. The Balaban J connectivity index is 2.14. The molecule has 78 valence electrons. The van der Waals surface area contributed by atoms with E-state index in [4.69, 9.17) is 5.73 Å². The van der Waals surface area contributed by atoms with Gasteiger partial charge in [-0.05, 0) is 0 Å². The number of nitrogens with zero attached hydrogens (tertiary/aromatic N) is 4. The maximum atomic E-state index is 11.0. The quantitative estimate of drug-likeness (QED) is 0.768. The summed E-state index contributed by atoms with van der Waals surface area (Å²) < 4.78 is 0. The Bertz CT molecular complexity index is 489. The monoisotopic (exact) mass is 223 g/mol. The third-order valence-corrected chi connectivity index (χ3v) is 2.81. The molecule has 0 radical (unpaired) electrons. The summed E-state index contributed by atoms with van der Waals surface area (Å²) in [4.78, 5) is 17.2. The van der Waals surface area contributed by atoms with E-state index in [1.54, 1.807) is 6.20 Å². The summed E-state index contributed by atoms with van der Waals surface area (Å²) in [5.41, 5.74) is 5.42. The summed E-state index contributed by atoms with van der Waals surface area (Å²) in [5, 5.41) is 8.64. The summed E-state index contributed by atoms with van der Waals surface area (Å²) in [6.45, 7) is 1.95. The number of ketones is 1. The van der Waals surface area contributed by atoms with Gasteiger partial charge in [-0.3, -0.25) is 4.79 Å². The number of carbonyl (C=O) groups is 1. The molecular formula is C8H9N5OS. The minimum absolute atomic E-state index is 0.0201. The highest BCUT2D eigenvalue weighted by atomic mass is 32.1. The molecule has 0 spiro atoms. The van der Waals surface area contributed by atoms with Crippen molar-refractivity contribution in [2.75, 3.05) is 5.73 Å². The second kappa shape index (κ2) is 3.77. The molecule has 2 rings (SSSR count). The van der Waals surface area contributed by atoms with Crippen LogP contribution in [-0.2, 0) is 6.54 Å². The predicted molar refractivity (Wildman–Crippen MR) is 55.7 cm³/mol. The molecule has 0 saturated heterocycles. The van der Waals surface area contributed by atoms with Crippen LogP contribution < -0.4 is 5.73 Å². The van der Waals surface area contributed by atoms with Crippen LogP contribution in [0.5, 0.6) is 0 Å². The average Bonchev–Trinajstić information content (AvgIpc) is 2.76. The first-order valence-electron chi connectivity index (χ1n) is 4.26. The lowest BCUT2D eigenvalue weighted by atomic mass is 10.4. The summed E-state index contributed by atoms with van der Waals surface area (Å²) in [7, 11) is 0. The molecule has 6 nitrogen and oxygen atoms in total. The van der Waals surface area contributed by atoms with Gasteiger partial charge >= 0.3 is 0 Å². The minimum atomic E-state index is 0.0201. The van der Waals surface area contributed by atoms with Gasteiger partial charge in [-0.15, -0.1) is 16.4 Å². The number of Topliss-reactive ketones (excluding diaryl/α,β-unsaturated/α-hetero) is 1. The molecule has 2 aromatic heterocycles. The number of nitrogen functional groups attached to an aromatic ring is 1. The maximum Gasteiger partial charge on any atom is 0.171 e. The molecule has 7 heteroatoms. The van der Waals surface area contributed by atoms with Crippen LogP contribution >= 0.6 is 11.3 Å². The Labute approximate surface area is 89.7 Å². The molecule has 0 aliphatic carbocycles. The van der Waals surface area contributed by atoms with Gasteiger partial charge in [-0.25, -0.2) is 4.98 Å². The highest BCUT2D eigenvalue weighted by Gasteiger charge is 2.07. The van der Waals surface area contributed by atoms with Gasteiger partial charge in [0.15, 0.2) is 11.6 Å². The van der Waals surface area contributed by atoms with Crippen molar-refractivity contribution >= 4 is 22.9 Å². The first kappa shape index (κ1) is 9.78. The van der Waals surface area contributed by atoms with E-state index in [-0.39, 0.29) is 5.78 Å². The molecule has 2 N–H and O–H groups in total. The third-order valence-electron chi connectivity index (χ3n) is 1.73. The molecule has 0 aliphatic heterocycles. The standard InChI is InChI=1S/C8H9N5OS/c1-5(14)6-2-10-8(15-6)4-13-11-3-7(9)12-13/h2-3H,4H2,1H3,(H2,9,12). The Hall–Kier alpha value is -1.76. The lowest BCUT2D eigenvalue weighted by Crippen LogP contribution is -2.03. The van der Waals surface area contributed by atoms with Crippen LogP contribution in [0.3, 0.4) is 0 Å². The molecule has 0 unspecified atom stereocenters. The van der Waals surface area contributed by atoms with Crippen LogP contribution in [0.25, 0.3) is 0 Å². The molecule has 0 fully saturated rings. The first-order chi connectivity index (χ1) is 7.15. The molecule has 0 amide bonds. The van der Waals surface area contributed by atoms with Gasteiger partial charge in [0.25, 0.3) is 0 Å². The molecule has 2 aromatic rings. The number of nitrogens with two attached hydrogens (primary N) is 1. The van der Waals surface area contributed by atoms with Crippen LogP contribution in [0.15, 0.2) is 12.4 Å². The second-order valence-corrected chi connectivity index (χ2v) is 4.09. The van der Waals surface area contributed by atoms with Crippen molar-refractivity contribution in [2.24, 2.45) is 0 Å². The zero-order valence-corrected chi connectivity index (χ0v) is 8.86. The molecular weight excluding hydrogens is 214 g/mol. The third kappa shape index (κ3) is 2.18. The van der Waals surface area contributed by atoms with Gasteiger partial charge in [-0.2, -0.15) is 9.90 Å². The Kier molecular flexibility index (Phi) is 2.46. The molecule has 15 heavy (non-hydrogen) atoms. The van der Waals surface area contributed by atoms with E-state index in [1.165, 1.54) is 29.3 Å². The summed E-state index contributed by atoms with van der Waals surface area (Å²) in [5.74, 6) is 0.394. The van der Waals surface area contributed by atoms with E-state index < -0.39 is 0 Å². The van der Waals surface area contributed by atoms with Crippen LogP contribution in [0, 0.1) is 0 Å². The lowest BCUT2D eigenvalue weighted by molar-refractivity contribution is 0.102. The van der Waals surface area contributed by atoms with E-state index in [2.05, 4.69) is 15.2 Å². The molecule has 0 atom stereocenters. The van der Waals surface area contributed by atoms with Crippen molar-refractivity contribution < 1.29 is 4.79 Å². The van der Waals surface area contributed by atoms with Crippen LogP contribution in [0.4, 0.5) is 5.82 Å². The minimum Gasteiger partial charge on any atom is -0.381 e. The number of aromatic nitrogens is 4. The molecule has 0 aliphatic rings. The molecule has 0 bridgehead atoms. The topological polar surface area (TPSA) is 86.7 Å². The smallest absolute Gasteiger partial charge is 0.171 e. The zero-order chi connectivity index (χ0) is 10.8. The van der Waals surface area contributed by atoms with Crippen molar-refractivity contribution in [3.63, 3.8) is 0 Å². The van der Waals surface area contributed by atoms with E-state index in [1.807, 2.05) is 0 Å². The number of carbonyl (C=O) groups excluding carboxylic acids is 1. The summed E-state index contributed by atoms with van der Waals surface area (Å²) in [6.07, 6.45) is 3.04. The van der Waals surface area contributed by atoms with Crippen LogP contribution in [-0.4, -0.2) is 25.8 Å². The number of anilines is 1. The fraction of sp³-hybridized carbons (Fsp3) is 0.250. The lowest BCUT2D eigenvalue weighted by Gasteiger charge is -1.93. The van der Waals surface area contributed by atoms with Gasteiger partial charge in [0, 0.05) is 13.1 Å². The van der Waals surface area contributed by atoms with Crippen molar-refractivity contribution in [3.8, 4) is 0 Å². The summed E-state index contributed by atoms with van der Waals surface area (Å²) >= 11 is 1.34. The summed E-state index contributed by atoms with van der Waals surface area (Å²) in [6, 6.07) is 0. The molecule has 0 aromatic carbocycles. The van der Waals surface area contributed by atoms with Crippen molar-refractivity contribution in [3.05, 3.63) is 22.3 Å². The van der Waals surface area contributed by atoms with E-state index in [9.17, 15) is 4.79 Å². The Morgan fingerprint density at radius 3 is 2.93 bits per heavy atom. The van der Waals surface area contributed by atoms with Gasteiger partial charge in [0.1, 0.15) is 11.6 Å². The van der Waals surface area contributed by atoms with E-state index in [0.29, 0.717) is 17.2 Å². The number of hydrogen-bond acceptors (Lipinski definition) is 6. The number of hydrogen-bond donors (Lipinski definition) is 1. The fourth-order valence-electron chi connectivity index (χ4n) is 1.05. The first-order valence-corrected chi connectivity index (χ1v) is 5.08. The predicted octanol–water partition coefficient (Wildman–Crippen LogP) is 0.568. The van der Waals surface area contributed by atoms with Crippen molar-refractivity contribution in [1.29, 1.82) is 0 Å². The molecule has 2 heterocycles. The van der Waals surface area contributed by atoms with E-state index >= 15 is 0 Å². The van der Waals surface area contributed by atoms with Gasteiger partial charge in [0.05, 0.1) is 11.1 Å². The number of thiazole rings is 1. The number of rotatable bonds is 3. The van der Waals surface area contributed by atoms with Crippen molar-refractivity contribution in [1.82, 2.24) is 20.0 Å².